The summed E-state index contributed by atoms with van der Waals surface area (Å²) in [5.74, 6) is 0.958. The van der Waals surface area contributed by atoms with Crippen molar-refractivity contribution in [1.29, 1.82) is 0 Å². The first-order valence-corrected chi connectivity index (χ1v) is 9.72. The average Bonchev–Trinajstić information content (AvgIpc) is 3.16. The molecule has 1 aromatic carbocycles. The Balaban J connectivity index is 1.63. The molecule has 0 bridgehead atoms. The summed E-state index contributed by atoms with van der Waals surface area (Å²) < 4.78 is 5.81. The van der Waals surface area contributed by atoms with E-state index < -0.39 is 0 Å². The Bertz CT molecular complexity index is 542. The molecule has 0 radical (unpaired) electrons. The van der Waals surface area contributed by atoms with Crippen LogP contribution in [0.1, 0.15) is 37.7 Å². The lowest BCUT2D eigenvalue weighted by Crippen LogP contribution is -2.56. The molecular formula is C21H32N2O2. The summed E-state index contributed by atoms with van der Waals surface area (Å²) in [7, 11) is 0. The first-order chi connectivity index (χ1) is 12.3. The predicted molar refractivity (Wildman–Crippen MR) is 102 cm³/mol. The van der Waals surface area contributed by atoms with Crippen molar-refractivity contribution in [3.8, 4) is 5.75 Å². The van der Waals surface area contributed by atoms with Crippen molar-refractivity contribution in [2.75, 3.05) is 32.8 Å². The minimum absolute atomic E-state index is 0.279. The number of nitrogens with zero attached hydrogens (tertiary/aromatic N) is 2. The maximum Gasteiger partial charge on any atom is 0.124 e. The van der Waals surface area contributed by atoms with Crippen LogP contribution in [0.2, 0.25) is 0 Å². The number of aliphatic hydroxyl groups excluding tert-OH is 1. The number of rotatable bonds is 8. The van der Waals surface area contributed by atoms with E-state index in [0.29, 0.717) is 12.6 Å². The summed E-state index contributed by atoms with van der Waals surface area (Å²) in [6.07, 6.45) is 8.06. The van der Waals surface area contributed by atoms with E-state index in [2.05, 4.69) is 28.5 Å². The number of hydrogen-bond donors (Lipinski definition) is 1. The highest BCUT2D eigenvalue weighted by Crippen LogP contribution is 2.29. The molecule has 138 valence electrons. The van der Waals surface area contributed by atoms with E-state index in [1.807, 2.05) is 12.1 Å². The van der Waals surface area contributed by atoms with Crippen LogP contribution >= 0.6 is 0 Å². The molecular weight excluding hydrogens is 312 g/mol. The van der Waals surface area contributed by atoms with E-state index in [0.717, 1.165) is 44.4 Å². The zero-order valence-corrected chi connectivity index (χ0v) is 15.3. The molecule has 25 heavy (non-hydrogen) atoms. The van der Waals surface area contributed by atoms with Crippen LogP contribution in [-0.2, 0) is 6.54 Å². The molecule has 1 aliphatic heterocycles. The van der Waals surface area contributed by atoms with E-state index in [-0.39, 0.29) is 6.61 Å². The molecule has 1 aliphatic carbocycles. The molecule has 2 aliphatic rings. The van der Waals surface area contributed by atoms with Crippen molar-refractivity contribution in [1.82, 2.24) is 9.80 Å². The normalized spacial score (nSPS) is 23.0. The SMILES string of the molecule is C=CCOc1ccccc1CN1CCN(C2CCCC2)[C@H](CCO)C1. The Labute approximate surface area is 152 Å². The molecule has 0 unspecified atom stereocenters. The summed E-state index contributed by atoms with van der Waals surface area (Å²) in [5.41, 5.74) is 1.24. The average molecular weight is 344 g/mol. The molecule has 2 fully saturated rings. The van der Waals surface area contributed by atoms with Gasteiger partial charge in [0.2, 0.25) is 0 Å². The first-order valence-electron chi connectivity index (χ1n) is 9.72. The third-order valence-electron chi connectivity index (χ3n) is 5.59. The Kier molecular flexibility index (Phi) is 6.91. The molecule has 4 heteroatoms. The van der Waals surface area contributed by atoms with Crippen molar-refractivity contribution >= 4 is 0 Å². The van der Waals surface area contributed by atoms with E-state index in [1.165, 1.54) is 31.2 Å². The summed E-state index contributed by atoms with van der Waals surface area (Å²) >= 11 is 0. The third kappa shape index (κ3) is 4.84. The van der Waals surface area contributed by atoms with Crippen molar-refractivity contribution in [3.05, 3.63) is 42.5 Å². The minimum Gasteiger partial charge on any atom is -0.489 e. The quantitative estimate of drug-likeness (QED) is 0.735. The van der Waals surface area contributed by atoms with Gasteiger partial charge in [0.25, 0.3) is 0 Å². The van der Waals surface area contributed by atoms with Gasteiger partial charge in [0.05, 0.1) is 0 Å². The zero-order chi connectivity index (χ0) is 17.5. The van der Waals surface area contributed by atoms with Gasteiger partial charge < -0.3 is 9.84 Å². The van der Waals surface area contributed by atoms with E-state index in [9.17, 15) is 5.11 Å². The van der Waals surface area contributed by atoms with E-state index in [1.54, 1.807) is 6.08 Å². The number of piperazine rings is 1. The fraction of sp³-hybridized carbons (Fsp3) is 0.619. The minimum atomic E-state index is 0.279. The van der Waals surface area contributed by atoms with Gasteiger partial charge in [-0.3, -0.25) is 9.80 Å². The van der Waals surface area contributed by atoms with E-state index >= 15 is 0 Å². The second kappa shape index (κ2) is 9.37. The molecule has 0 aromatic heterocycles. The van der Waals surface area contributed by atoms with Crippen molar-refractivity contribution in [3.63, 3.8) is 0 Å². The van der Waals surface area contributed by atoms with Crippen molar-refractivity contribution in [2.45, 2.75) is 50.7 Å². The maximum absolute atomic E-state index is 9.52. The topological polar surface area (TPSA) is 35.9 Å². The van der Waals surface area contributed by atoms with Crippen LogP contribution in [0.5, 0.6) is 5.75 Å². The van der Waals surface area contributed by atoms with Crippen LogP contribution < -0.4 is 4.74 Å². The van der Waals surface area contributed by atoms with Crippen LogP contribution in [0, 0.1) is 0 Å². The summed E-state index contributed by atoms with van der Waals surface area (Å²) in [6.45, 7) is 8.71. The number of aliphatic hydroxyl groups is 1. The molecule has 1 aromatic rings. The summed E-state index contributed by atoms with van der Waals surface area (Å²) in [6, 6.07) is 9.51. The summed E-state index contributed by atoms with van der Waals surface area (Å²) in [4.78, 5) is 5.20. The molecule has 0 spiro atoms. The van der Waals surface area contributed by atoms with Crippen molar-refractivity contribution < 1.29 is 9.84 Å². The van der Waals surface area contributed by atoms with Crippen LogP contribution in [-0.4, -0.2) is 59.8 Å². The van der Waals surface area contributed by atoms with Gasteiger partial charge in [-0.1, -0.05) is 43.7 Å². The van der Waals surface area contributed by atoms with Gasteiger partial charge in [-0.25, -0.2) is 0 Å². The zero-order valence-electron chi connectivity index (χ0n) is 15.3. The van der Waals surface area contributed by atoms with E-state index in [4.69, 9.17) is 4.74 Å². The lowest BCUT2D eigenvalue weighted by atomic mass is 10.0. The number of benzene rings is 1. The van der Waals surface area contributed by atoms with Gasteiger partial charge in [0.1, 0.15) is 12.4 Å². The van der Waals surface area contributed by atoms with Gasteiger partial charge in [-0.15, -0.1) is 0 Å². The molecule has 0 amide bonds. The largest absolute Gasteiger partial charge is 0.489 e. The number of hydrogen-bond acceptors (Lipinski definition) is 4. The van der Waals surface area contributed by atoms with Gasteiger partial charge in [0, 0.05) is 50.4 Å². The predicted octanol–water partition coefficient (Wildman–Crippen LogP) is 3.06. The molecule has 4 nitrogen and oxygen atoms in total. The molecule has 1 atom stereocenters. The molecule has 3 rings (SSSR count). The molecule has 1 saturated heterocycles. The van der Waals surface area contributed by atoms with Crippen molar-refractivity contribution in [2.24, 2.45) is 0 Å². The standard InChI is InChI=1S/C21H32N2O2/c1-2-15-25-21-10-6-3-7-18(21)16-22-12-13-23(19-8-4-5-9-19)20(17-22)11-14-24/h2-3,6-7,10,19-20,24H,1,4-5,8-9,11-17H2/t20-/m1/s1. The molecule has 1 saturated carbocycles. The van der Waals surface area contributed by atoms with Crippen LogP contribution in [0.4, 0.5) is 0 Å². The summed E-state index contributed by atoms with van der Waals surface area (Å²) in [5, 5.41) is 9.52. The second-order valence-corrected chi connectivity index (χ2v) is 7.28. The fourth-order valence-corrected chi connectivity index (χ4v) is 4.36. The van der Waals surface area contributed by atoms with Gasteiger partial charge in [-0.2, -0.15) is 0 Å². The van der Waals surface area contributed by atoms with Gasteiger partial charge in [0.15, 0.2) is 0 Å². The lowest BCUT2D eigenvalue weighted by molar-refractivity contribution is 0.0264. The third-order valence-corrected chi connectivity index (χ3v) is 5.59. The Hall–Kier alpha value is -1.36. The first kappa shape index (κ1) is 18.4. The lowest BCUT2D eigenvalue weighted by Gasteiger charge is -2.44. The number of para-hydroxylation sites is 1. The van der Waals surface area contributed by atoms with Gasteiger partial charge in [-0.05, 0) is 25.3 Å². The fourth-order valence-electron chi connectivity index (χ4n) is 4.36. The molecule has 1 N–H and O–H groups in total. The van der Waals surface area contributed by atoms with Crippen LogP contribution in [0.25, 0.3) is 0 Å². The smallest absolute Gasteiger partial charge is 0.124 e. The van der Waals surface area contributed by atoms with Gasteiger partial charge >= 0.3 is 0 Å². The highest BCUT2D eigenvalue weighted by Gasteiger charge is 2.33. The monoisotopic (exact) mass is 344 g/mol. The Morgan fingerprint density at radius 2 is 2.00 bits per heavy atom. The van der Waals surface area contributed by atoms with Crippen LogP contribution in [0.3, 0.4) is 0 Å². The Morgan fingerprint density at radius 1 is 1.20 bits per heavy atom. The highest BCUT2D eigenvalue weighted by molar-refractivity contribution is 5.33. The second-order valence-electron chi connectivity index (χ2n) is 7.28. The highest BCUT2D eigenvalue weighted by atomic mass is 16.5. The van der Waals surface area contributed by atoms with Crippen LogP contribution in [0.15, 0.2) is 36.9 Å². The Morgan fingerprint density at radius 3 is 2.76 bits per heavy atom. The maximum atomic E-state index is 9.52. The molecule has 1 heterocycles. The number of ether oxygens (including phenoxy) is 1.